The van der Waals surface area contributed by atoms with Crippen LogP contribution < -0.4 is 11.1 Å². The lowest BCUT2D eigenvalue weighted by molar-refractivity contribution is -0.115. The number of nitrogens with zero attached hydrogens (tertiary/aromatic N) is 1. The maximum absolute atomic E-state index is 11.9. The molecule has 2 rings (SSSR count). The molecule has 2 aromatic rings. The molecule has 0 saturated heterocycles. The van der Waals surface area contributed by atoms with Gasteiger partial charge >= 0.3 is 0 Å². The van der Waals surface area contributed by atoms with Gasteiger partial charge in [-0.15, -0.1) is 0 Å². The average Bonchev–Trinajstić information content (AvgIpc) is 2.36. The van der Waals surface area contributed by atoms with Gasteiger partial charge in [0.05, 0.1) is 34.0 Å². The van der Waals surface area contributed by atoms with Crippen LogP contribution in [0.15, 0.2) is 30.5 Å². The number of nitrogens with two attached hydrogens (primary N) is 1. The van der Waals surface area contributed by atoms with Gasteiger partial charge in [-0.3, -0.25) is 9.78 Å². The van der Waals surface area contributed by atoms with Gasteiger partial charge in [0, 0.05) is 10.7 Å². The third-order valence-corrected chi connectivity index (χ3v) is 3.27. The lowest BCUT2D eigenvalue weighted by Crippen LogP contribution is -2.15. The molecule has 0 saturated carbocycles. The number of rotatable bonds is 3. The summed E-state index contributed by atoms with van der Waals surface area (Å²) < 4.78 is 0. The van der Waals surface area contributed by atoms with Crippen LogP contribution in [0, 0.1) is 0 Å². The molecule has 0 aliphatic rings. The number of nitrogens with one attached hydrogen (secondary N) is 1. The van der Waals surface area contributed by atoms with Crippen LogP contribution in [0.3, 0.4) is 0 Å². The van der Waals surface area contributed by atoms with E-state index in [0.717, 1.165) is 0 Å². The Morgan fingerprint density at radius 2 is 1.85 bits per heavy atom. The molecule has 0 aliphatic heterocycles. The molecule has 0 spiro atoms. The van der Waals surface area contributed by atoms with E-state index in [1.54, 1.807) is 12.1 Å². The smallest absolute Gasteiger partial charge is 0.230 e. The van der Waals surface area contributed by atoms with Crippen LogP contribution in [0.2, 0.25) is 15.1 Å². The monoisotopic (exact) mass is 329 g/mol. The van der Waals surface area contributed by atoms with E-state index in [4.69, 9.17) is 40.5 Å². The number of carbonyl (C=O) groups excluding carboxylic acids is 1. The highest BCUT2D eigenvalue weighted by Gasteiger charge is 2.12. The van der Waals surface area contributed by atoms with Crippen molar-refractivity contribution in [1.82, 2.24) is 4.98 Å². The fourth-order valence-electron chi connectivity index (χ4n) is 1.55. The highest BCUT2D eigenvalue weighted by molar-refractivity contribution is 6.42. The third-order valence-electron chi connectivity index (χ3n) is 2.46. The summed E-state index contributed by atoms with van der Waals surface area (Å²) >= 11 is 17.8. The van der Waals surface area contributed by atoms with E-state index in [1.807, 2.05) is 0 Å². The predicted octanol–water partition coefficient (Wildman–Crippen LogP) is 3.81. The van der Waals surface area contributed by atoms with E-state index in [1.165, 1.54) is 18.3 Å². The largest absolute Gasteiger partial charge is 0.397 e. The SMILES string of the molecule is Nc1ccc(CC(=O)Nc2c(Cl)cc(Cl)cc2Cl)nc1. The Bertz CT molecular complexity index is 621. The summed E-state index contributed by atoms with van der Waals surface area (Å²) in [6.45, 7) is 0. The summed E-state index contributed by atoms with van der Waals surface area (Å²) in [5, 5.41) is 3.59. The van der Waals surface area contributed by atoms with Crippen LogP contribution in [0.4, 0.5) is 11.4 Å². The van der Waals surface area contributed by atoms with Crippen LogP contribution in [-0.2, 0) is 11.2 Å². The lowest BCUT2D eigenvalue weighted by atomic mass is 10.2. The van der Waals surface area contributed by atoms with Crippen molar-refractivity contribution in [3.63, 3.8) is 0 Å². The van der Waals surface area contributed by atoms with Gasteiger partial charge in [-0.2, -0.15) is 0 Å². The van der Waals surface area contributed by atoms with E-state index < -0.39 is 0 Å². The fourth-order valence-corrected chi connectivity index (χ4v) is 2.46. The first-order valence-corrected chi connectivity index (χ1v) is 6.74. The van der Waals surface area contributed by atoms with Crippen molar-refractivity contribution in [2.45, 2.75) is 6.42 Å². The molecule has 1 aromatic heterocycles. The quantitative estimate of drug-likeness (QED) is 0.899. The topological polar surface area (TPSA) is 68.0 Å². The zero-order valence-corrected chi connectivity index (χ0v) is 12.4. The van der Waals surface area contributed by atoms with Crippen molar-refractivity contribution < 1.29 is 4.79 Å². The number of pyridine rings is 1. The molecule has 0 aliphatic carbocycles. The van der Waals surface area contributed by atoms with Gasteiger partial charge in [-0.05, 0) is 24.3 Å². The van der Waals surface area contributed by atoms with E-state index in [-0.39, 0.29) is 22.4 Å². The Kier molecular flexibility index (Phi) is 4.70. The number of hydrogen-bond donors (Lipinski definition) is 2. The zero-order valence-electron chi connectivity index (χ0n) is 10.2. The summed E-state index contributed by atoms with van der Waals surface area (Å²) in [4.78, 5) is 16.0. The Morgan fingerprint density at radius 3 is 2.40 bits per heavy atom. The Morgan fingerprint density at radius 1 is 1.20 bits per heavy atom. The van der Waals surface area contributed by atoms with Crippen molar-refractivity contribution in [2.75, 3.05) is 11.1 Å². The van der Waals surface area contributed by atoms with Gasteiger partial charge in [0.1, 0.15) is 0 Å². The Balaban J connectivity index is 2.10. The number of hydrogen-bond acceptors (Lipinski definition) is 3. The molecule has 0 radical (unpaired) electrons. The number of anilines is 2. The molecule has 3 N–H and O–H groups in total. The maximum atomic E-state index is 11.9. The first-order valence-electron chi connectivity index (χ1n) is 5.60. The molecule has 0 unspecified atom stereocenters. The van der Waals surface area contributed by atoms with Crippen molar-refractivity contribution in [1.29, 1.82) is 0 Å². The van der Waals surface area contributed by atoms with Gasteiger partial charge in [-0.1, -0.05) is 34.8 Å². The summed E-state index contributed by atoms with van der Waals surface area (Å²) in [5.41, 5.74) is 6.99. The van der Waals surface area contributed by atoms with Gasteiger partial charge in [0.2, 0.25) is 5.91 Å². The van der Waals surface area contributed by atoms with Crippen molar-refractivity contribution in [2.24, 2.45) is 0 Å². The number of nitrogen functional groups attached to an aromatic ring is 1. The van der Waals surface area contributed by atoms with Crippen LogP contribution in [0.25, 0.3) is 0 Å². The maximum Gasteiger partial charge on any atom is 0.230 e. The third kappa shape index (κ3) is 3.76. The van der Waals surface area contributed by atoms with Crippen LogP contribution >= 0.6 is 34.8 Å². The van der Waals surface area contributed by atoms with Gasteiger partial charge < -0.3 is 11.1 Å². The molecule has 20 heavy (non-hydrogen) atoms. The van der Waals surface area contributed by atoms with Crippen molar-refractivity contribution >= 4 is 52.1 Å². The molecule has 0 fully saturated rings. The second-order valence-electron chi connectivity index (χ2n) is 4.05. The number of halogens is 3. The molecule has 1 aromatic carbocycles. The number of benzene rings is 1. The molecular weight excluding hydrogens is 321 g/mol. The zero-order chi connectivity index (χ0) is 14.7. The standard InChI is InChI=1S/C13H10Cl3N3O/c14-7-3-10(15)13(11(16)4-7)19-12(20)5-9-2-1-8(17)6-18-9/h1-4,6H,5,17H2,(H,19,20). The normalized spacial score (nSPS) is 10.3. The van der Waals surface area contributed by atoms with Crippen LogP contribution in [0.5, 0.6) is 0 Å². The first kappa shape index (κ1) is 14.9. The molecule has 4 nitrogen and oxygen atoms in total. The van der Waals surface area contributed by atoms with Crippen molar-refractivity contribution in [3.05, 3.63) is 51.2 Å². The molecule has 0 atom stereocenters. The molecule has 1 heterocycles. The summed E-state index contributed by atoms with van der Waals surface area (Å²) in [5.74, 6) is -0.284. The summed E-state index contributed by atoms with van der Waals surface area (Å²) in [6, 6.07) is 6.37. The van der Waals surface area contributed by atoms with E-state index >= 15 is 0 Å². The fraction of sp³-hybridized carbons (Fsp3) is 0.0769. The van der Waals surface area contributed by atoms with E-state index in [2.05, 4.69) is 10.3 Å². The van der Waals surface area contributed by atoms with Gasteiger partial charge in [0.25, 0.3) is 0 Å². The predicted molar refractivity (Wildman–Crippen MR) is 82.5 cm³/mol. The minimum Gasteiger partial charge on any atom is -0.397 e. The second kappa shape index (κ2) is 6.31. The molecule has 7 heteroatoms. The summed E-state index contributed by atoms with van der Waals surface area (Å²) in [7, 11) is 0. The average molecular weight is 331 g/mol. The molecular formula is C13H10Cl3N3O. The highest BCUT2D eigenvalue weighted by atomic mass is 35.5. The Hall–Kier alpha value is -1.49. The molecule has 0 bridgehead atoms. The molecule has 1 amide bonds. The van der Waals surface area contributed by atoms with Gasteiger partial charge in [0.15, 0.2) is 0 Å². The lowest BCUT2D eigenvalue weighted by Gasteiger charge is -2.09. The minimum atomic E-state index is -0.284. The Labute approximate surface area is 130 Å². The van der Waals surface area contributed by atoms with E-state index in [9.17, 15) is 4.79 Å². The minimum absolute atomic E-state index is 0.0928. The second-order valence-corrected chi connectivity index (χ2v) is 5.30. The highest BCUT2D eigenvalue weighted by Crippen LogP contribution is 2.33. The number of amides is 1. The number of carbonyl (C=O) groups is 1. The summed E-state index contributed by atoms with van der Waals surface area (Å²) in [6.07, 6.45) is 1.58. The first-order chi connectivity index (χ1) is 9.45. The number of aromatic nitrogens is 1. The van der Waals surface area contributed by atoms with Crippen molar-refractivity contribution in [3.8, 4) is 0 Å². The van der Waals surface area contributed by atoms with Crippen LogP contribution in [-0.4, -0.2) is 10.9 Å². The van der Waals surface area contributed by atoms with E-state index in [0.29, 0.717) is 22.1 Å². The van der Waals surface area contributed by atoms with Crippen LogP contribution in [0.1, 0.15) is 5.69 Å². The van der Waals surface area contributed by atoms with Gasteiger partial charge in [-0.25, -0.2) is 0 Å². The molecule has 104 valence electrons.